The Kier molecular flexibility index (Phi) is 4.37. The van der Waals surface area contributed by atoms with Gasteiger partial charge in [-0.25, -0.2) is 4.98 Å². The van der Waals surface area contributed by atoms with E-state index in [1.165, 1.54) is 6.20 Å². The SMILES string of the molecule is CCNc1ncc([N+](=O)[O-])c(NCCn2ccnn2)n1. The number of nitro groups is 1. The summed E-state index contributed by atoms with van der Waals surface area (Å²) in [7, 11) is 0. The van der Waals surface area contributed by atoms with Crippen molar-refractivity contribution >= 4 is 17.5 Å². The van der Waals surface area contributed by atoms with Crippen LogP contribution < -0.4 is 10.6 Å². The number of aromatic nitrogens is 5. The predicted octanol–water partition coefficient (Wildman–Crippen LogP) is 0.520. The second-order valence-corrected chi connectivity index (χ2v) is 3.81. The highest BCUT2D eigenvalue weighted by Crippen LogP contribution is 2.21. The van der Waals surface area contributed by atoms with Crippen molar-refractivity contribution in [2.75, 3.05) is 23.7 Å². The molecule has 0 atom stereocenters. The van der Waals surface area contributed by atoms with Gasteiger partial charge in [-0.15, -0.1) is 5.10 Å². The molecule has 0 radical (unpaired) electrons. The molecule has 0 bridgehead atoms. The third-order valence-corrected chi connectivity index (χ3v) is 2.41. The fourth-order valence-electron chi connectivity index (χ4n) is 1.52. The summed E-state index contributed by atoms with van der Waals surface area (Å²) >= 11 is 0. The number of hydrogen-bond acceptors (Lipinski definition) is 8. The molecular formula is C10H14N8O2. The molecule has 10 heteroatoms. The van der Waals surface area contributed by atoms with Gasteiger partial charge in [0.25, 0.3) is 0 Å². The van der Waals surface area contributed by atoms with E-state index >= 15 is 0 Å². The van der Waals surface area contributed by atoms with Gasteiger partial charge in [0.05, 0.1) is 17.7 Å². The van der Waals surface area contributed by atoms with E-state index < -0.39 is 4.92 Å². The molecule has 2 N–H and O–H groups in total. The average Bonchev–Trinajstić information content (AvgIpc) is 2.92. The standard InChI is InChI=1S/C10H14N8O2/c1-2-11-10-13-7-8(18(19)20)9(15-10)12-3-5-17-6-4-14-16-17/h4,6-7H,2-3,5H2,1H3,(H2,11,12,13,15). The van der Waals surface area contributed by atoms with Gasteiger partial charge in [0, 0.05) is 19.3 Å². The highest BCUT2D eigenvalue weighted by Gasteiger charge is 2.16. The first kappa shape index (κ1) is 13.6. The first-order valence-electron chi connectivity index (χ1n) is 6.04. The molecule has 0 aromatic carbocycles. The van der Waals surface area contributed by atoms with Gasteiger partial charge in [0.1, 0.15) is 6.20 Å². The molecule has 2 rings (SSSR count). The van der Waals surface area contributed by atoms with E-state index in [9.17, 15) is 10.1 Å². The minimum Gasteiger partial charge on any atom is -0.362 e. The van der Waals surface area contributed by atoms with Gasteiger partial charge in [-0.3, -0.25) is 14.8 Å². The van der Waals surface area contributed by atoms with Crippen LogP contribution in [0.3, 0.4) is 0 Å². The van der Waals surface area contributed by atoms with Gasteiger partial charge in [-0.05, 0) is 6.92 Å². The summed E-state index contributed by atoms with van der Waals surface area (Å²) in [5, 5.41) is 24.2. The maximum Gasteiger partial charge on any atom is 0.329 e. The monoisotopic (exact) mass is 278 g/mol. The Bertz CT molecular complexity index is 571. The third-order valence-electron chi connectivity index (χ3n) is 2.41. The van der Waals surface area contributed by atoms with Gasteiger partial charge >= 0.3 is 5.69 Å². The zero-order valence-corrected chi connectivity index (χ0v) is 10.9. The summed E-state index contributed by atoms with van der Waals surface area (Å²) in [5.41, 5.74) is -0.162. The molecule has 0 fully saturated rings. The first-order valence-corrected chi connectivity index (χ1v) is 6.04. The van der Waals surface area contributed by atoms with E-state index in [0.717, 1.165) is 0 Å². The lowest BCUT2D eigenvalue weighted by Crippen LogP contribution is -2.14. The number of nitrogens with one attached hydrogen (secondary N) is 2. The highest BCUT2D eigenvalue weighted by molar-refractivity contribution is 5.56. The van der Waals surface area contributed by atoms with Crippen LogP contribution in [-0.2, 0) is 6.54 Å². The molecule has 0 saturated heterocycles. The van der Waals surface area contributed by atoms with Crippen LogP contribution in [0.2, 0.25) is 0 Å². The van der Waals surface area contributed by atoms with E-state index in [2.05, 4.69) is 30.9 Å². The molecule has 10 nitrogen and oxygen atoms in total. The maximum atomic E-state index is 10.9. The summed E-state index contributed by atoms with van der Waals surface area (Å²) < 4.78 is 1.62. The quantitative estimate of drug-likeness (QED) is 0.555. The van der Waals surface area contributed by atoms with Crippen LogP contribution >= 0.6 is 0 Å². The summed E-state index contributed by atoms with van der Waals surface area (Å²) in [5.74, 6) is 0.530. The lowest BCUT2D eigenvalue weighted by molar-refractivity contribution is -0.384. The molecule has 0 saturated carbocycles. The smallest absolute Gasteiger partial charge is 0.329 e. The van der Waals surface area contributed by atoms with Crippen molar-refractivity contribution in [2.45, 2.75) is 13.5 Å². The molecule has 0 spiro atoms. The summed E-state index contributed by atoms with van der Waals surface area (Å²) in [6.45, 7) is 3.49. The van der Waals surface area contributed by atoms with Gasteiger partial charge in [0.2, 0.25) is 11.8 Å². The Balaban J connectivity index is 2.06. The van der Waals surface area contributed by atoms with Crippen molar-refractivity contribution in [2.24, 2.45) is 0 Å². The number of rotatable bonds is 7. The Morgan fingerprint density at radius 1 is 1.45 bits per heavy atom. The van der Waals surface area contributed by atoms with Crippen LogP contribution in [-0.4, -0.2) is 43.0 Å². The zero-order valence-electron chi connectivity index (χ0n) is 10.9. The fourth-order valence-corrected chi connectivity index (χ4v) is 1.52. The van der Waals surface area contributed by atoms with Gasteiger partial charge < -0.3 is 10.6 Å². The van der Waals surface area contributed by atoms with Crippen molar-refractivity contribution in [1.29, 1.82) is 0 Å². The summed E-state index contributed by atoms with van der Waals surface area (Å²) in [6.07, 6.45) is 4.46. The van der Waals surface area contributed by atoms with Crippen LogP contribution in [0.5, 0.6) is 0 Å². The molecule has 0 unspecified atom stereocenters. The number of nitrogens with zero attached hydrogens (tertiary/aromatic N) is 6. The molecule has 2 aromatic heterocycles. The van der Waals surface area contributed by atoms with Gasteiger partial charge in [-0.2, -0.15) is 4.98 Å². The van der Waals surface area contributed by atoms with E-state index in [1.807, 2.05) is 6.92 Å². The topological polar surface area (TPSA) is 124 Å². The van der Waals surface area contributed by atoms with E-state index in [4.69, 9.17) is 0 Å². The van der Waals surface area contributed by atoms with Crippen molar-refractivity contribution in [3.05, 3.63) is 28.7 Å². The van der Waals surface area contributed by atoms with Crippen molar-refractivity contribution in [3.8, 4) is 0 Å². The van der Waals surface area contributed by atoms with E-state index in [0.29, 0.717) is 25.6 Å². The van der Waals surface area contributed by atoms with Crippen LogP contribution in [0.25, 0.3) is 0 Å². The van der Waals surface area contributed by atoms with Crippen molar-refractivity contribution in [3.63, 3.8) is 0 Å². The van der Waals surface area contributed by atoms with Crippen LogP contribution in [0.15, 0.2) is 18.6 Å². The first-order chi connectivity index (χ1) is 9.70. The second kappa shape index (κ2) is 6.41. The lowest BCUT2D eigenvalue weighted by Gasteiger charge is -2.07. The normalized spacial score (nSPS) is 10.2. The summed E-state index contributed by atoms with van der Waals surface area (Å²) in [4.78, 5) is 18.4. The molecule has 0 aliphatic rings. The number of anilines is 2. The molecule has 106 valence electrons. The Morgan fingerprint density at radius 2 is 2.30 bits per heavy atom. The van der Waals surface area contributed by atoms with Crippen LogP contribution in [0.4, 0.5) is 17.5 Å². The van der Waals surface area contributed by atoms with Crippen molar-refractivity contribution in [1.82, 2.24) is 25.0 Å². The van der Waals surface area contributed by atoms with Gasteiger partial charge in [0.15, 0.2) is 0 Å². The van der Waals surface area contributed by atoms with Crippen molar-refractivity contribution < 1.29 is 4.92 Å². The Labute approximate surface area is 114 Å². The third kappa shape index (κ3) is 3.37. The zero-order chi connectivity index (χ0) is 14.4. The average molecular weight is 278 g/mol. The van der Waals surface area contributed by atoms with E-state index in [-0.39, 0.29) is 11.5 Å². The maximum absolute atomic E-state index is 10.9. The van der Waals surface area contributed by atoms with Crippen LogP contribution in [0, 0.1) is 10.1 Å². The number of hydrogen-bond donors (Lipinski definition) is 2. The predicted molar refractivity (Wildman–Crippen MR) is 71.4 cm³/mol. The molecule has 0 aliphatic heterocycles. The molecule has 0 aliphatic carbocycles. The summed E-state index contributed by atoms with van der Waals surface area (Å²) in [6, 6.07) is 0. The van der Waals surface area contributed by atoms with Crippen LogP contribution in [0.1, 0.15) is 6.92 Å². The molecule has 20 heavy (non-hydrogen) atoms. The van der Waals surface area contributed by atoms with E-state index in [1.54, 1.807) is 17.1 Å². The minimum atomic E-state index is -0.520. The lowest BCUT2D eigenvalue weighted by atomic mass is 10.4. The largest absolute Gasteiger partial charge is 0.362 e. The molecule has 2 heterocycles. The Morgan fingerprint density at radius 3 is 2.95 bits per heavy atom. The fraction of sp³-hybridized carbons (Fsp3) is 0.400. The molecule has 0 amide bonds. The minimum absolute atomic E-state index is 0.162. The molecule has 2 aromatic rings. The second-order valence-electron chi connectivity index (χ2n) is 3.81. The molecular weight excluding hydrogens is 264 g/mol. The van der Waals surface area contributed by atoms with Gasteiger partial charge in [-0.1, -0.05) is 5.21 Å². The highest BCUT2D eigenvalue weighted by atomic mass is 16.6. The Hall–Kier alpha value is -2.78.